The number of benzene rings is 2. The van der Waals surface area contributed by atoms with E-state index in [9.17, 15) is 9.59 Å². The van der Waals surface area contributed by atoms with Crippen LogP contribution in [-0.2, 0) is 16.6 Å². The largest absolute Gasteiger partial charge is 0.497 e. The highest BCUT2D eigenvalue weighted by Gasteiger charge is 2.11. The molecule has 1 aromatic heterocycles. The van der Waals surface area contributed by atoms with Crippen molar-refractivity contribution in [3.05, 3.63) is 52.8 Å². The number of ether oxygens (including phenoxy) is 2. The molecule has 29 heavy (non-hydrogen) atoms. The summed E-state index contributed by atoms with van der Waals surface area (Å²) in [5.41, 5.74) is 1.41. The lowest BCUT2D eigenvalue weighted by Crippen LogP contribution is -2.13. The first-order chi connectivity index (χ1) is 14.0. The van der Waals surface area contributed by atoms with E-state index in [-0.39, 0.29) is 11.9 Å². The molecule has 2 aromatic carbocycles. The minimum absolute atomic E-state index is 0.168. The molecule has 0 bridgehead atoms. The number of thiazole rings is 1. The van der Waals surface area contributed by atoms with Crippen LogP contribution in [0.3, 0.4) is 0 Å². The predicted molar refractivity (Wildman–Crippen MR) is 116 cm³/mol. The van der Waals surface area contributed by atoms with Crippen molar-refractivity contribution in [3.63, 3.8) is 0 Å². The number of esters is 1. The van der Waals surface area contributed by atoms with Crippen LogP contribution in [0.25, 0.3) is 10.2 Å². The molecule has 0 aliphatic rings. The Morgan fingerprint density at radius 1 is 1.17 bits per heavy atom. The van der Waals surface area contributed by atoms with Crippen molar-refractivity contribution in [1.29, 1.82) is 0 Å². The fraction of sp³-hybridized carbons (Fsp3) is 0.286. The Labute approximate surface area is 177 Å². The van der Waals surface area contributed by atoms with Crippen LogP contribution < -0.4 is 9.54 Å². The fourth-order valence-electron chi connectivity index (χ4n) is 2.67. The zero-order valence-corrected chi connectivity index (χ0v) is 18.1. The molecule has 152 valence electrons. The highest BCUT2D eigenvalue weighted by molar-refractivity contribution is 7.99. The third-order valence-electron chi connectivity index (χ3n) is 4.18. The van der Waals surface area contributed by atoms with Crippen molar-refractivity contribution in [2.24, 2.45) is 12.0 Å². The summed E-state index contributed by atoms with van der Waals surface area (Å²) in [5, 5.41) is 0. The normalized spacial score (nSPS) is 11.6. The van der Waals surface area contributed by atoms with Crippen molar-refractivity contribution in [1.82, 2.24) is 4.57 Å². The van der Waals surface area contributed by atoms with Gasteiger partial charge in [0.2, 0.25) is 5.91 Å². The van der Waals surface area contributed by atoms with Crippen molar-refractivity contribution in [3.8, 4) is 5.75 Å². The Balaban J connectivity index is 1.68. The lowest BCUT2D eigenvalue weighted by Gasteiger charge is -2.02. The summed E-state index contributed by atoms with van der Waals surface area (Å²) in [6, 6.07) is 13.1. The molecule has 3 rings (SSSR count). The van der Waals surface area contributed by atoms with Crippen molar-refractivity contribution < 1.29 is 19.1 Å². The smallest absolute Gasteiger partial charge is 0.338 e. The van der Waals surface area contributed by atoms with Gasteiger partial charge in [-0.25, -0.2) is 4.79 Å². The van der Waals surface area contributed by atoms with Crippen LogP contribution in [0.4, 0.5) is 0 Å². The fourth-order valence-corrected chi connectivity index (χ4v) is 4.59. The summed E-state index contributed by atoms with van der Waals surface area (Å²) in [6.07, 6.45) is 0.346. The summed E-state index contributed by atoms with van der Waals surface area (Å²) in [7, 11) is 3.50. The number of aryl methyl sites for hydroxylation is 1. The van der Waals surface area contributed by atoms with Crippen LogP contribution in [0.5, 0.6) is 5.75 Å². The first-order valence-electron chi connectivity index (χ1n) is 9.13. The molecule has 1 heterocycles. The highest BCUT2D eigenvalue weighted by Crippen LogP contribution is 2.22. The Kier molecular flexibility index (Phi) is 7.11. The molecule has 8 heteroatoms. The number of thioether (sulfide) groups is 1. The van der Waals surface area contributed by atoms with Crippen LogP contribution in [0.15, 0.2) is 52.4 Å². The minimum atomic E-state index is -0.351. The van der Waals surface area contributed by atoms with Gasteiger partial charge >= 0.3 is 5.97 Å². The van der Waals surface area contributed by atoms with Crippen LogP contribution in [0.2, 0.25) is 0 Å². The highest BCUT2D eigenvalue weighted by atomic mass is 32.2. The number of nitrogens with zero attached hydrogens (tertiary/aromatic N) is 2. The molecular weight excluding hydrogens is 408 g/mol. The molecule has 0 saturated carbocycles. The molecule has 0 N–H and O–H groups in total. The standard InChI is InChI=1S/C21H22N2O4S2/c1-4-27-20(25)14-5-10-17-18(13-14)29-21(23(17)2)22-19(24)11-12-28-16-8-6-15(26-3)7-9-16/h5-10,13H,4,11-12H2,1-3H3. The van der Waals surface area contributed by atoms with E-state index in [1.165, 1.54) is 11.3 Å². The first-order valence-corrected chi connectivity index (χ1v) is 10.9. The molecule has 0 aliphatic carbocycles. The molecule has 0 spiro atoms. The molecule has 0 radical (unpaired) electrons. The van der Waals surface area contributed by atoms with Crippen LogP contribution in [-0.4, -0.2) is 35.9 Å². The van der Waals surface area contributed by atoms with Gasteiger partial charge in [-0.2, -0.15) is 4.99 Å². The second kappa shape index (κ2) is 9.76. The van der Waals surface area contributed by atoms with Gasteiger partial charge in [0, 0.05) is 24.1 Å². The second-order valence-corrected chi connectivity index (χ2v) is 8.30. The van der Waals surface area contributed by atoms with Gasteiger partial charge in [-0.1, -0.05) is 11.3 Å². The third kappa shape index (κ3) is 5.27. The molecule has 1 amide bonds. The van der Waals surface area contributed by atoms with E-state index in [0.29, 0.717) is 29.1 Å². The summed E-state index contributed by atoms with van der Waals surface area (Å²) < 4.78 is 12.9. The molecule has 0 atom stereocenters. The topological polar surface area (TPSA) is 69.9 Å². The number of hydrogen-bond acceptors (Lipinski definition) is 6. The Bertz CT molecular complexity index is 1080. The molecular formula is C21H22N2O4S2. The van der Waals surface area contributed by atoms with E-state index < -0.39 is 0 Å². The van der Waals surface area contributed by atoms with Crippen LogP contribution in [0.1, 0.15) is 23.7 Å². The van der Waals surface area contributed by atoms with Gasteiger partial charge in [-0.3, -0.25) is 4.79 Å². The van der Waals surface area contributed by atoms with Gasteiger partial charge in [0.25, 0.3) is 0 Å². The second-order valence-electron chi connectivity index (χ2n) is 6.13. The maximum Gasteiger partial charge on any atom is 0.338 e. The monoisotopic (exact) mass is 430 g/mol. The van der Waals surface area contributed by atoms with Crippen LogP contribution in [0, 0.1) is 0 Å². The molecule has 6 nitrogen and oxygen atoms in total. The number of methoxy groups -OCH3 is 1. The van der Waals surface area contributed by atoms with Gasteiger partial charge in [0.1, 0.15) is 5.75 Å². The quantitative estimate of drug-likeness (QED) is 0.418. The average molecular weight is 431 g/mol. The van der Waals surface area contributed by atoms with E-state index in [0.717, 1.165) is 20.9 Å². The SMILES string of the molecule is CCOC(=O)c1ccc2c(c1)sc(=NC(=O)CCSc1ccc(OC)cc1)n2C. The van der Waals surface area contributed by atoms with Gasteiger partial charge in [-0.05, 0) is 49.4 Å². The van der Waals surface area contributed by atoms with Gasteiger partial charge < -0.3 is 14.0 Å². The average Bonchev–Trinajstić information content (AvgIpc) is 3.03. The molecule has 0 fully saturated rings. The molecule has 0 unspecified atom stereocenters. The Hall–Kier alpha value is -2.58. The first kappa shape index (κ1) is 21.1. The zero-order chi connectivity index (χ0) is 20.8. The summed E-state index contributed by atoms with van der Waals surface area (Å²) in [4.78, 5) is 30.2. The maximum atomic E-state index is 12.3. The lowest BCUT2D eigenvalue weighted by atomic mass is 10.2. The third-order valence-corrected chi connectivity index (χ3v) is 6.29. The van der Waals surface area contributed by atoms with Crippen molar-refractivity contribution in [2.75, 3.05) is 19.5 Å². The zero-order valence-electron chi connectivity index (χ0n) is 16.5. The number of fused-ring (bicyclic) bond motifs is 1. The number of carbonyl (C=O) groups excluding carboxylic acids is 2. The number of carbonyl (C=O) groups is 2. The number of aromatic nitrogens is 1. The number of amides is 1. The Morgan fingerprint density at radius 2 is 1.93 bits per heavy atom. The maximum absolute atomic E-state index is 12.3. The van der Waals surface area contributed by atoms with Gasteiger partial charge in [0.05, 0.1) is 29.5 Å². The van der Waals surface area contributed by atoms with E-state index in [1.54, 1.807) is 37.9 Å². The summed E-state index contributed by atoms with van der Waals surface area (Å²) in [6.45, 7) is 2.11. The van der Waals surface area contributed by atoms with E-state index >= 15 is 0 Å². The Morgan fingerprint density at radius 3 is 2.62 bits per heavy atom. The summed E-state index contributed by atoms with van der Waals surface area (Å²) >= 11 is 2.99. The number of rotatable bonds is 7. The van der Waals surface area contributed by atoms with E-state index in [2.05, 4.69) is 4.99 Å². The predicted octanol–water partition coefficient (Wildman–Crippen LogP) is 4.03. The van der Waals surface area contributed by atoms with E-state index in [4.69, 9.17) is 9.47 Å². The summed E-state index contributed by atoms with van der Waals surface area (Å²) in [5.74, 6) is 0.939. The van der Waals surface area contributed by atoms with Crippen molar-refractivity contribution in [2.45, 2.75) is 18.2 Å². The van der Waals surface area contributed by atoms with Gasteiger partial charge in [0.15, 0.2) is 4.80 Å². The lowest BCUT2D eigenvalue weighted by molar-refractivity contribution is -0.117. The molecule has 3 aromatic rings. The van der Waals surface area contributed by atoms with Crippen LogP contribution >= 0.6 is 23.1 Å². The van der Waals surface area contributed by atoms with Gasteiger partial charge in [-0.15, -0.1) is 11.8 Å². The number of hydrogen-bond donors (Lipinski definition) is 0. The van der Waals surface area contributed by atoms with E-state index in [1.807, 2.05) is 41.9 Å². The van der Waals surface area contributed by atoms with Crippen molar-refractivity contribution >= 4 is 45.2 Å². The molecule has 0 saturated heterocycles. The molecule has 0 aliphatic heterocycles. The minimum Gasteiger partial charge on any atom is -0.497 e.